The minimum Gasteiger partial charge on any atom is -0.303 e. The summed E-state index contributed by atoms with van der Waals surface area (Å²) >= 11 is 0. The molecule has 7 heteroatoms. The highest BCUT2D eigenvalue weighted by atomic mass is 19.1. The first-order chi connectivity index (χ1) is 11.7. The Hall–Kier alpha value is -1.89. The van der Waals surface area contributed by atoms with Crippen molar-refractivity contribution < 1.29 is 8.78 Å². The number of halogens is 2. The van der Waals surface area contributed by atoms with Crippen molar-refractivity contribution in [1.82, 2.24) is 25.1 Å². The highest BCUT2D eigenvalue weighted by Gasteiger charge is 2.20. The number of rotatable bonds is 7. The van der Waals surface area contributed by atoms with E-state index in [1.807, 2.05) is 0 Å². The highest BCUT2D eigenvalue weighted by Crippen LogP contribution is 2.22. The average Bonchev–Trinajstić information content (AvgIpc) is 3.08. The van der Waals surface area contributed by atoms with Crippen LogP contribution in [-0.2, 0) is 13.0 Å². The minimum absolute atomic E-state index is 0.427. The number of benzene rings is 1. The van der Waals surface area contributed by atoms with Crippen LogP contribution >= 0.6 is 0 Å². The van der Waals surface area contributed by atoms with E-state index in [-0.39, 0.29) is 0 Å². The van der Waals surface area contributed by atoms with Crippen molar-refractivity contribution in [2.75, 3.05) is 19.6 Å². The first-order valence-corrected chi connectivity index (χ1v) is 8.58. The first kappa shape index (κ1) is 17.0. The second-order valence-corrected chi connectivity index (χ2v) is 6.51. The Bertz CT molecular complexity index is 632. The molecule has 1 fully saturated rings. The summed E-state index contributed by atoms with van der Waals surface area (Å²) in [4.78, 5) is 2.47. The summed E-state index contributed by atoms with van der Waals surface area (Å²) in [6.07, 6.45) is 6.65. The summed E-state index contributed by atoms with van der Waals surface area (Å²) in [6, 6.07) is 3.88. The number of piperidine rings is 1. The maximum Gasteiger partial charge on any atom is 0.138 e. The molecule has 0 spiro atoms. The molecule has 1 aliphatic heterocycles. The standard InChI is InChI=1S/C17H23F2N5/c18-16-7-6-15(17(19)11-16)5-4-14-3-1-8-23(12-14)9-2-10-24-13-20-21-22-24/h6-7,11,13-14H,1-5,8-10,12H2/t14-/m1/s1. The Labute approximate surface area is 140 Å². The van der Waals surface area contributed by atoms with E-state index in [0.717, 1.165) is 45.1 Å². The maximum atomic E-state index is 13.7. The molecular formula is C17H23F2N5. The van der Waals surface area contributed by atoms with Gasteiger partial charge in [-0.2, -0.15) is 0 Å². The van der Waals surface area contributed by atoms with Gasteiger partial charge in [0.05, 0.1) is 0 Å². The zero-order valence-electron chi connectivity index (χ0n) is 13.7. The molecule has 24 heavy (non-hydrogen) atoms. The molecule has 0 aliphatic carbocycles. The topological polar surface area (TPSA) is 46.8 Å². The van der Waals surface area contributed by atoms with E-state index >= 15 is 0 Å². The van der Waals surface area contributed by atoms with Crippen LogP contribution in [0.2, 0.25) is 0 Å². The van der Waals surface area contributed by atoms with Crippen molar-refractivity contribution in [1.29, 1.82) is 0 Å². The normalized spacial score (nSPS) is 18.8. The highest BCUT2D eigenvalue weighted by molar-refractivity contribution is 5.18. The molecule has 0 saturated carbocycles. The van der Waals surface area contributed by atoms with Gasteiger partial charge in [-0.15, -0.1) is 5.10 Å². The quantitative estimate of drug-likeness (QED) is 0.780. The molecule has 1 aliphatic rings. The van der Waals surface area contributed by atoms with E-state index in [2.05, 4.69) is 20.4 Å². The Kier molecular flexibility index (Phi) is 5.85. The van der Waals surface area contributed by atoms with Gasteiger partial charge in [-0.1, -0.05) is 6.07 Å². The smallest absolute Gasteiger partial charge is 0.138 e. The summed E-state index contributed by atoms with van der Waals surface area (Å²) in [5, 5.41) is 11.1. The van der Waals surface area contributed by atoms with Gasteiger partial charge in [0.15, 0.2) is 0 Å². The second kappa shape index (κ2) is 8.28. The molecule has 0 radical (unpaired) electrons. The molecule has 0 N–H and O–H groups in total. The molecule has 1 aromatic carbocycles. The third kappa shape index (κ3) is 4.80. The molecule has 0 unspecified atom stereocenters. The van der Waals surface area contributed by atoms with Gasteiger partial charge >= 0.3 is 0 Å². The van der Waals surface area contributed by atoms with Crippen molar-refractivity contribution >= 4 is 0 Å². The van der Waals surface area contributed by atoms with Gasteiger partial charge < -0.3 is 4.90 Å². The first-order valence-electron chi connectivity index (χ1n) is 8.58. The maximum absolute atomic E-state index is 13.7. The number of likely N-dealkylation sites (tertiary alicyclic amines) is 1. The van der Waals surface area contributed by atoms with Crippen LogP contribution in [0.1, 0.15) is 31.2 Å². The van der Waals surface area contributed by atoms with Crippen molar-refractivity contribution in [2.45, 2.75) is 38.6 Å². The Morgan fingerprint density at radius 2 is 2.12 bits per heavy atom. The minimum atomic E-state index is -0.511. The van der Waals surface area contributed by atoms with Crippen LogP contribution < -0.4 is 0 Å². The van der Waals surface area contributed by atoms with E-state index in [4.69, 9.17) is 0 Å². The second-order valence-electron chi connectivity index (χ2n) is 6.51. The molecule has 2 aromatic rings. The zero-order chi connectivity index (χ0) is 16.8. The number of tetrazole rings is 1. The van der Waals surface area contributed by atoms with E-state index in [9.17, 15) is 8.78 Å². The third-order valence-corrected chi connectivity index (χ3v) is 4.69. The largest absolute Gasteiger partial charge is 0.303 e. The van der Waals surface area contributed by atoms with Crippen LogP contribution in [0.3, 0.4) is 0 Å². The third-order valence-electron chi connectivity index (χ3n) is 4.69. The van der Waals surface area contributed by atoms with Crippen LogP contribution in [-0.4, -0.2) is 44.7 Å². The van der Waals surface area contributed by atoms with Crippen LogP contribution in [0.25, 0.3) is 0 Å². The van der Waals surface area contributed by atoms with Gasteiger partial charge in [-0.05, 0) is 73.2 Å². The lowest BCUT2D eigenvalue weighted by molar-refractivity contribution is 0.164. The molecule has 2 heterocycles. The fourth-order valence-corrected chi connectivity index (χ4v) is 3.41. The van der Waals surface area contributed by atoms with Gasteiger partial charge in [0, 0.05) is 19.2 Å². The van der Waals surface area contributed by atoms with Crippen LogP contribution in [0.4, 0.5) is 8.78 Å². The van der Waals surface area contributed by atoms with Crippen molar-refractivity contribution in [3.05, 3.63) is 41.7 Å². The zero-order valence-corrected chi connectivity index (χ0v) is 13.7. The molecule has 0 bridgehead atoms. The van der Waals surface area contributed by atoms with Gasteiger partial charge in [-0.25, -0.2) is 13.5 Å². The molecule has 1 saturated heterocycles. The fraction of sp³-hybridized carbons (Fsp3) is 0.588. The van der Waals surface area contributed by atoms with Crippen LogP contribution in [0, 0.1) is 17.6 Å². The number of aryl methyl sites for hydroxylation is 2. The molecular weight excluding hydrogens is 312 g/mol. The van der Waals surface area contributed by atoms with E-state index in [1.165, 1.54) is 18.9 Å². The SMILES string of the molecule is Fc1ccc(CC[C@H]2CCCN(CCCn3cnnn3)C2)c(F)c1. The van der Waals surface area contributed by atoms with Crippen molar-refractivity contribution in [3.8, 4) is 0 Å². The molecule has 5 nitrogen and oxygen atoms in total. The lowest BCUT2D eigenvalue weighted by Crippen LogP contribution is -2.36. The van der Waals surface area contributed by atoms with Gasteiger partial charge in [0.2, 0.25) is 0 Å². The van der Waals surface area contributed by atoms with Gasteiger partial charge in [0.1, 0.15) is 18.0 Å². The monoisotopic (exact) mass is 335 g/mol. The van der Waals surface area contributed by atoms with E-state index in [1.54, 1.807) is 17.1 Å². The summed E-state index contributed by atoms with van der Waals surface area (Å²) in [5.74, 6) is -0.358. The van der Waals surface area contributed by atoms with E-state index < -0.39 is 11.6 Å². The number of hydrogen-bond donors (Lipinski definition) is 0. The van der Waals surface area contributed by atoms with Crippen molar-refractivity contribution in [2.24, 2.45) is 5.92 Å². The molecule has 130 valence electrons. The number of aromatic nitrogens is 4. The Balaban J connectivity index is 1.41. The van der Waals surface area contributed by atoms with E-state index in [0.29, 0.717) is 17.9 Å². The lowest BCUT2D eigenvalue weighted by Gasteiger charge is -2.32. The molecule has 0 amide bonds. The lowest BCUT2D eigenvalue weighted by atomic mass is 9.91. The van der Waals surface area contributed by atoms with Gasteiger partial charge in [-0.3, -0.25) is 0 Å². The number of hydrogen-bond acceptors (Lipinski definition) is 4. The fourth-order valence-electron chi connectivity index (χ4n) is 3.41. The summed E-state index contributed by atoms with van der Waals surface area (Å²) in [5.41, 5.74) is 0.618. The van der Waals surface area contributed by atoms with Crippen LogP contribution in [0.5, 0.6) is 0 Å². The predicted octanol–water partition coefficient (Wildman–Crippen LogP) is 2.69. The molecule has 3 rings (SSSR count). The average molecular weight is 335 g/mol. The van der Waals surface area contributed by atoms with Gasteiger partial charge in [0.25, 0.3) is 0 Å². The summed E-state index contributed by atoms with van der Waals surface area (Å²) in [7, 11) is 0. The van der Waals surface area contributed by atoms with Crippen molar-refractivity contribution in [3.63, 3.8) is 0 Å². The molecule has 1 aromatic heterocycles. The Morgan fingerprint density at radius 3 is 2.92 bits per heavy atom. The number of nitrogens with zero attached hydrogens (tertiary/aromatic N) is 5. The predicted molar refractivity (Wildman–Crippen MR) is 86.3 cm³/mol. The summed E-state index contributed by atoms with van der Waals surface area (Å²) in [6.45, 7) is 4.03. The van der Waals surface area contributed by atoms with Crippen LogP contribution in [0.15, 0.2) is 24.5 Å². The molecule has 1 atom stereocenters. The Morgan fingerprint density at radius 1 is 1.21 bits per heavy atom. The summed E-state index contributed by atoms with van der Waals surface area (Å²) < 4.78 is 28.4.